The summed E-state index contributed by atoms with van der Waals surface area (Å²) in [6, 6.07) is 17.2. The molecule has 0 unspecified atom stereocenters. The molecule has 0 aliphatic heterocycles. The standard InChI is InChI=1S/C22H24N2/c1-17-21(19-10-3-2-4-11-19)12-7-13-22(17)20-14-23-24(16-20)15-18-8-5-6-9-18/h2-4,7,10-14,16,18H,5-6,8-9,15H2,1H3. The molecule has 1 aliphatic rings. The van der Waals surface area contributed by atoms with E-state index in [9.17, 15) is 0 Å². The van der Waals surface area contributed by atoms with Crippen LogP contribution in [0.3, 0.4) is 0 Å². The van der Waals surface area contributed by atoms with E-state index in [1.54, 1.807) is 0 Å². The van der Waals surface area contributed by atoms with Crippen molar-refractivity contribution in [2.45, 2.75) is 39.2 Å². The molecule has 1 aliphatic carbocycles. The Bertz CT molecular complexity index is 811. The van der Waals surface area contributed by atoms with Gasteiger partial charge in [0.15, 0.2) is 0 Å². The lowest BCUT2D eigenvalue weighted by Crippen LogP contribution is -2.07. The maximum absolute atomic E-state index is 4.62. The molecule has 0 atom stereocenters. The smallest absolute Gasteiger partial charge is 0.0568 e. The monoisotopic (exact) mass is 316 g/mol. The number of hydrogen-bond donors (Lipinski definition) is 0. The second kappa shape index (κ2) is 6.64. The Balaban J connectivity index is 1.64. The maximum Gasteiger partial charge on any atom is 0.0568 e. The Labute approximate surface area is 144 Å². The topological polar surface area (TPSA) is 17.8 Å². The maximum atomic E-state index is 4.62. The second-order valence-corrected chi connectivity index (χ2v) is 6.95. The van der Waals surface area contributed by atoms with Crippen LogP contribution in [-0.2, 0) is 6.54 Å². The van der Waals surface area contributed by atoms with Crippen LogP contribution in [-0.4, -0.2) is 9.78 Å². The summed E-state index contributed by atoms with van der Waals surface area (Å²) in [5, 5.41) is 4.62. The number of hydrogen-bond acceptors (Lipinski definition) is 1. The molecule has 3 aromatic rings. The minimum atomic E-state index is 0.814. The van der Waals surface area contributed by atoms with Crippen molar-refractivity contribution in [1.29, 1.82) is 0 Å². The fourth-order valence-electron chi connectivity index (χ4n) is 3.94. The van der Waals surface area contributed by atoms with Crippen molar-refractivity contribution in [2.24, 2.45) is 5.92 Å². The highest BCUT2D eigenvalue weighted by Gasteiger charge is 2.16. The van der Waals surface area contributed by atoms with Gasteiger partial charge in [0.2, 0.25) is 0 Å². The largest absolute Gasteiger partial charge is 0.272 e. The van der Waals surface area contributed by atoms with Gasteiger partial charge in [-0.05, 0) is 47.9 Å². The first-order chi connectivity index (χ1) is 11.8. The normalized spacial score (nSPS) is 15.0. The number of rotatable bonds is 4. The van der Waals surface area contributed by atoms with Crippen LogP contribution in [0.25, 0.3) is 22.3 Å². The zero-order valence-electron chi connectivity index (χ0n) is 14.3. The molecule has 122 valence electrons. The molecular formula is C22H24N2. The SMILES string of the molecule is Cc1c(-c2ccccc2)cccc1-c1cnn(CC2CCCC2)c1. The van der Waals surface area contributed by atoms with Gasteiger partial charge in [0.05, 0.1) is 6.20 Å². The van der Waals surface area contributed by atoms with Crippen molar-refractivity contribution in [2.75, 3.05) is 0 Å². The van der Waals surface area contributed by atoms with Crippen molar-refractivity contribution in [3.05, 3.63) is 66.5 Å². The summed E-state index contributed by atoms with van der Waals surface area (Å²) in [7, 11) is 0. The molecule has 0 N–H and O–H groups in total. The Kier molecular flexibility index (Phi) is 4.20. The lowest BCUT2D eigenvalue weighted by atomic mass is 9.94. The minimum Gasteiger partial charge on any atom is -0.272 e. The Morgan fingerprint density at radius 1 is 0.917 bits per heavy atom. The molecule has 4 rings (SSSR count). The first kappa shape index (κ1) is 15.2. The summed E-state index contributed by atoms with van der Waals surface area (Å²) >= 11 is 0. The number of nitrogens with zero attached hydrogens (tertiary/aromatic N) is 2. The average Bonchev–Trinajstić information content (AvgIpc) is 3.28. The molecule has 1 heterocycles. The van der Waals surface area contributed by atoms with Gasteiger partial charge in [-0.15, -0.1) is 0 Å². The van der Waals surface area contributed by atoms with E-state index in [0.717, 1.165) is 12.5 Å². The van der Waals surface area contributed by atoms with Gasteiger partial charge >= 0.3 is 0 Å². The predicted molar refractivity (Wildman–Crippen MR) is 99.8 cm³/mol. The molecule has 1 saturated carbocycles. The fraction of sp³-hybridized carbons (Fsp3) is 0.318. The molecule has 0 spiro atoms. The van der Waals surface area contributed by atoms with Gasteiger partial charge in [0.25, 0.3) is 0 Å². The summed E-state index contributed by atoms with van der Waals surface area (Å²) in [4.78, 5) is 0. The lowest BCUT2D eigenvalue weighted by Gasteiger charge is -2.11. The van der Waals surface area contributed by atoms with E-state index in [1.165, 1.54) is 53.5 Å². The zero-order valence-corrected chi connectivity index (χ0v) is 14.3. The minimum absolute atomic E-state index is 0.814. The van der Waals surface area contributed by atoms with Crippen LogP contribution in [0.15, 0.2) is 60.9 Å². The van der Waals surface area contributed by atoms with E-state index in [1.807, 2.05) is 6.20 Å². The van der Waals surface area contributed by atoms with Gasteiger partial charge < -0.3 is 0 Å². The van der Waals surface area contributed by atoms with E-state index < -0.39 is 0 Å². The van der Waals surface area contributed by atoms with Gasteiger partial charge in [0, 0.05) is 18.3 Å². The first-order valence-corrected chi connectivity index (χ1v) is 8.99. The molecule has 1 aromatic heterocycles. The van der Waals surface area contributed by atoms with Crippen molar-refractivity contribution in [3.8, 4) is 22.3 Å². The summed E-state index contributed by atoms with van der Waals surface area (Å²) in [6.07, 6.45) is 9.73. The summed E-state index contributed by atoms with van der Waals surface area (Å²) in [6.45, 7) is 3.28. The van der Waals surface area contributed by atoms with Crippen molar-refractivity contribution >= 4 is 0 Å². The van der Waals surface area contributed by atoms with E-state index in [-0.39, 0.29) is 0 Å². The van der Waals surface area contributed by atoms with Crippen LogP contribution in [0.5, 0.6) is 0 Å². The quantitative estimate of drug-likeness (QED) is 0.602. The van der Waals surface area contributed by atoms with Crippen molar-refractivity contribution in [3.63, 3.8) is 0 Å². The number of aromatic nitrogens is 2. The van der Waals surface area contributed by atoms with Crippen molar-refractivity contribution < 1.29 is 0 Å². The highest BCUT2D eigenvalue weighted by atomic mass is 15.3. The molecule has 1 fully saturated rings. The van der Waals surface area contributed by atoms with Crippen LogP contribution < -0.4 is 0 Å². The Hall–Kier alpha value is -2.35. The summed E-state index contributed by atoms with van der Waals surface area (Å²) in [5.74, 6) is 0.814. The molecule has 0 amide bonds. The highest BCUT2D eigenvalue weighted by Crippen LogP contribution is 2.32. The van der Waals surface area contributed by atoms with E-state index in [4.69, 9.17) is 0 Å². The highest BCUT2D eigenvalue weighted by molar-refractivity contribution is 5.77. The molecule has 24 heavy (non-hydrogen) atoms. The fourth-order valence-corrected chi connectivity index (χ4v) is 3.94. The second-order valence-electron chi connectivity index (χ2n) is 6.95. The lowest BCUT2D eigenvalue weighted by molar-refractivity contribution is 0.429. The van der Waals surface area contributed by atoms with Crippen LogP contribution >= 0.6 is 0 Å². The van der Waals surface area contributed by atoms with Crippen LogP contribution in [0.1, 0.15) is 31.2 Å². The van der Waals surface area contributed by atoms with Gasteiger partial charge in [-0.1, -0.05) is 61.4 Å². The van der Waals surface area contributed by atoms with Gasteiger partial charge in [-0.25, -0.2) is 0 Å². The van der Waals surface area contributed by atoms with E-state index >= 15 is 0 Å². The predicted octanol–water partition coefficient (Wildman–Crippen LogP) is 5.72. The Morgan fingerprint density at radius 2 is 1.62 bits per heavy atom. The molecule has 0 radical (unpaired) electrons. The summed E-state index contributed by atoms with van der Waals surface area (Å²) < 4.78 is 2.14. The van der Waals surface area contributed by atoms with Crippen LogP contribution in [0.4, 0.5) is 0 Å². The summed E-state index contributed by atoms with van der Waals surface area (Å²) in [5.41, 5.74) is 6.41. The zero-order chi connectivity index (χ0) is 16.4. The first-order valence-electron chi connectivity index (χ1n) is 8.99. The van der Waals surface area contributed by atoms with E-state index in [2.05, 4.69) is 71.4 Å². The third-order valence-corrected chi connectivity index (χ3v) is 5.28. The van der Waals surface area contributed by atoms with Gasteiger partial charge in [-0.3, -0.25) is 4.68 Å². The third-order valence-electron chi connectivity index (χ3n) is 5.28. The van der Waals surface area contributed by atoms with Crippen LogP contribution in [0.2, 0.25) is 0 Å². The average molecular weight is 316 g/mol. The molecular weight excluding hydrogens is 292 g/mol. The van der Waals surface area contributed by atoms with Gasteiger partial charge in [0.1, 0.15) is 0 Å². The molecule has 2 nitrogen and oxygen atoms in total. The third kappa shape index (κ3) is 3.01. The van der Waals surface area contributed by atoms with Crippen molar-refractivity contribution in [1.82, 2.24) is 9.78 Å². The van der Waals surface area contributed by atoms with E-state index in [0.29, 0.717) is 0 Å². The molecule has 0 saturated heterocycles. The number of benzene rings is 2. The molecule has 2 aromatic carbocycles. The van der Waals surface area contributed by atoms with Crippen LogP contribution in [0, 0.1) is 12.8 Å². The molecule has 2 heteroatoms. The molecule has 0 bridgehead atoms. The Morgan fingerprint density at radius 3 is 2.38 bits per heavy atom. The van der Waals surface area contributed by atoms with Gasteiger partial charge in [-0.2, -0.15) is 5.10 Å².